The third kappa shape index (κ3) is 9.26. The Labute approximate surface area is 160 Å². The van der Waals surface area contributed by atoms with Gasteiger partial charge in [-0.2, -0.15) is 0 Å². The Morgan fingerprint density at radius 2 is 1.54 bits per heavy atom. The number of rotatable bonds is 15. The van der Waals surface area contributed by atoms with E-state index >= 15 is 0 Å². The molecule has 1 aromatic carbocycles. The Hall–Kier alpha value is -1.51. The number of unbranched alkanes of at least 4 members (excludes halogenated alkanes) is 9. The summed E-state index contributed by atoms with van der Waals surface area (Å²) in [6.07, 6.45) is 13.9. The number of ether oxygens (including phenoxy) is 1. The van der Waals surface area contributed by atoms with Gasteiger partial charge in [-0.05, 0) is 37.8 Å². The minimum Gasteiger partial charge on any atom is -0.479 e. The molecule has 0 bridgehead atoms. The van der Waals surface area contributed by atoms with Gasteiger partial charge in [0.2, 0.25) is 0 Å². The molecule has 0 aromatic heterocycles. The fourth-order valence-corrected chi connectivity index (χ4v) is 3.28. The molecule has 0 spiro atoms. The van der Waals surface area contributed by atoms with Crippen LogP contribution in [0.3, 0.4) is 0 Å². The number of hydrogen-bond donors (Lipinski definition) is 1. The molecule has 1 atom stereocenters. The first-order valence-corrected chi connectivity index (χ1v) is 10.6. The predicted octanol–water partition coefficient (Wildman–Crippen LogP) is 6.70. The normalized spacial score (nSPS) is 12.1. The Morgan fingerprint density at radius 3 is 2.08 bits per heavy atom. The van der Waals surface area contributed by atoms with Crippen LogP contribution in [0.25, 0.3) is 0 Å². The van der Waals surface area contributed by atoms with Crippen molar-refractivity contribution in [3.63, 3.8) is 0 Å². The average Bonchev–Trinajstić information content (AvgIpc) is 2.62. The SMILES string of the molecule is CCCCCCCCCCCCc1cc(C)ccc1OC(CC)C(=O)O. The molecule has 0 saturated carbocycles. The molecule has 1 aromatic rings. The van der Waals surface area contributed by atoms with Crippen LogP contribution in [0, 0.1) is 6.92 Å². The summed E-state index contributed by atoms with van der Waals surface area (Å²) in [7, 11) is 0. The van der Waals surface area contributed by atoms with E-state index in [-0.39, 0.29) is 0 Å². The van der Waals surface area contributed by atoms with Crippen molar-refractivity contribution < 1.29 is 14.6 Å². The van der Waals surface area contributed by atoms with Crippen molar-refractivity contribution in [2.24, 2.45) is 0 Å². The van der Waals surface area contributed by atoms with Crippen molar-refractivity contribution in [1.29, 1.82) is 0 Å². The lowest BCUT2D eigenvalue weighted by Crippen LogP contribution is -2.26. The molecule has 1 unspecified atom stereocenters. The first-order valence-electron chi connectivity index (χ1n) is 10.6. The molecule has 0 aliphatic rings. The molecule has 0 aliphatic heterocycles. The highest BCUT2D eigenvalue weighted by Gasteiger charge is 2.18. The monoisotopic (exact) mass is 362 g/mol. The maximum Gasteiger partial charge on any atom is 0.344 e. The smallest absolute Gasteiger partial charge is 0.344 e. The van der Waals surface area contributed by atoms with Crippen molar-refractivity contribution in [3.8, 4) is 5.75 Å². The quantitative estimate of drug-likeness (QED) is 0.353. The lowest BCUT2D eigenvalue weighted by atomic mass is 10.0. The minimum atomic E-state index is -0.891. The van der Waals surface area contributed by atoms with Gasteiger partial charge in [0.25, 0.3) is 0 Å². The summed E-state index contributed by atoms with van der Waals surface area (Å²) >= 11 is 0. The van der Waals surface area contributed by atoms with Crippen LogP contribution in [0.4, 0.5) is 0 Å². The minimum absolute atomic E-state index is 0.473. The number of carboxylic acids is 1. The molecule has 1 N–H and O–H groups in total. The molecular formula is C23H38O3. The van der Waals surface area contributed by atoms with Crippen LogP contribution < -0.4 is 4.74 Å². The molecule has 3 nitrogen and oxygen atoms in total. The molecule has 1 rings (SSSR count). The molecule has 148 valence electrons. The summed E-state index contributed by atoms with van der Waals surface area (Å²) in [6, 6.07) is 6.05. The van der Waals surface area contributed by atoms with E-state index < -0.39 is 12.1 Å². The van der Waals surface area contributed by atoms with Gasteiger partial charge in [-0.1, -0.05) is 89.3 Å². The molecule has 0 fully saturated rings. The second kappa shape index (κ2) is 13.7. The number of aryl methyl sites for hydroxylation is 2. The van der Waals surface area contributed by atoms with Crippen LogP contribution in [0.1, 0.15) is 95.6 Å². The maximum atomic E-state index is 11.2. The molecule has 0 saturated heterocycles. The van der Waals surface area contributed by atoms with Crippen molar-refractivity contribution in [2.45, 2.75) is 104 Å². The van der Waals surface area contributed by atoms with E-state index in [1.54, 1.807) is 0 Å². The summed E-state index contributed by atoms with van der Waals surface area (Å²) in [6.45, 7) is 6.17. The standard InChI is InChI=1S/C23H38O3/c1-4-6-7-8-9-10-11-12-13-14-15-20-18-19(3)16-17-22(20)26-21(5-2)23(24)25/h16-18,21H,4-15H2,1-3H3,(H,24,25). The van der Waals surface area contributed by atoms with Gasteiger partial charge in [-0.15, -0.1) is 0 Å². The van der Waals surface area contributed by atoms with Gasteiger partial charge < -0.3 is 9.84 Å². The van der Waals surface area contributed by atoms with E-state index in [0.29, 0.717) is 6.42 Å². The van der Waals surface area contributed by atoms with Crippen molar-refractivity contribution >= 4 is 5.97 Å². The van der Waals surface area contributed by atoms with Gasteiger partial charge in [0.05, 0.1) is 0 Å². The molecule has 0 radical (unpaired) electrons. The molecule has 0 aliphatic carbocycles. The van der Waals surface area contributed by atoms with E-state index in [0.717, 1.165) is 24.2 Å². The summed E-state index contributed by atoms with van der Waals surface area (Å²) < 4.78 is 5.75. The Bertz CT molecular complexity index is 510. The Balaban J connectivity index is 2.33. The van der Waals surface area contributed by atoms with Crippen LogP contribution in [-0.2, 0) is 11.2 Å². The second-order valence-electron chi connectivity index (χ2n) is 7.40. The fraction of sp³-hybridized carbons (Fsp3) is 0.696. The summed E-state index contributed by atoms with van der Waals surface area (Å²) in [4.78, 5) is 11.2. The lowest BCUT2D eigenvalue weighted by molar-refractivity contribution is -0.145. The highest BCUT2D eigenvalue weighted by molar-refractivity contribution is 5.72. The summed E-state index contributed by atoms with van der Waals surface area (Å²) in [5, 5.41) is 9.22. The number of carboxylic acid groups (broad SMARTS) is 1. The van der Waals surface area contributed by atoms with Crippen LogP contribution in [0.2, 0.25) is 0 Å². The van der Waals surface area contributed by atoms with Gasteiger partial charge in [0, 0.05) is 0 Å². The maximum absolute atomic E-state index is 11.2. The predicted molar refractivity (Wildman–Crippen MR) is 109 cm³/mol. The third-order valence-corrected chi connectivity index (χ3v) is 4.93. The average molecular weight is 363 g/mol. The fourth-order valence-electron chi connectivity index (χ4n) is 3.28. The first kappa shape index (κ1) is 22.5. The van der Waals surface area contributed by atoms with Gasteiger partial charge >= 0.3 is 5.97 Å². The second-order valence-corrected chi connectivity index (χ2v) is 7.40. The highest BCUT2D eigenvalue weighted by Crippen LogP contribution is 2.24. The van der Waals surface area contributed by atoms with Crippen LogP contribution in [0.5, 0.6) is 5.75 Å². The topological polar surface area (TPSA) is 46.5 Å². The molecule has 3 heteroatoms. The molecule has 0 heterocycles. The lowest BCUT2D eigenvalue weighted by Gasteiger charge is -2.17. The van der Waals surface area contributed by atoms with E-state index in [4.69, 9.17) is 4.74 Å². The van der Waals surface area contributed by atoms with Crippen molar-refractivity contribution in [3.05, 3.63) is 29.3 Å². The number of hydrogen-bond acceptors (Lipinski definition) is 2. The van der Waals surface area contributed by atoms with Gasteiger partial charge in [-0.25, -0.2) is 4.79 Å². The van der Waals surface area contributed by atoms with Crippen LogP contribution >= 0.6 is 0 Å². The first-order chi connectivity index (χ1) is 12.6. The van der Waals surface area contributed by atoms with Gasteiger partial charge in [-0.3, -0.25) is 0 Å². The van der Waals surface area contributed by atoms with Crippen molar-refractivity contribution in [2.75, 3.05) is 0 Å². The zero-order valence-corrected chi connectivity index (χ0v) is 17.1. The van der Waals surface area contributed by atoms with E-state index in [9.17, 15) is 9.90 Å². The van der Waals surface area contributed by atoms with Crippen molar-refractivity contribution in [1.82, 2.24) is 0 Å². The summed E-state index contributed by atoms with van der Waals surface area (Å²) in [5.41, 5.74) is 2.34. The van der Waals surface area contributed by atoms with Gasteiger partial charge in [0.15, 0.2) is 6.10 Å². The Morgan fingerprint density at radius 1 is 0.962 bits per heavy atom. The van der Waals surface area contributed by atoms with E-state index in [1.807, 2.05) is 19.1 Å². The van der Waals surface area contributed by atoms with E-state index in [2.05, 4.69) is 19.9 Å². The highest BCUT2D eigenvalue weighted by atomic mass is 16.5. The Kier molecular flexibility index (Phi) is 11.8. The largest absolute Gasteiger partial charge is 0.479 e. The number of aliphatic carboxylic acids is 1. The van der Waals surface area contributed by atoms with Crippen LogP contribution in [-0.4, -0.2) is 17.2 Å². The van der Waals surface area contributed by atoms with Crippen LogP contribution in [0.15, 0.2) is 18.2 Å². The molecular weight excluding hydrogens is 324 g/mol. The zero-order valence-electron chi connectivity index (χ0n) is 17.1. The van der Waals surface area contributed by atoms with Gasteiger partial charge in [0.1, 0.15) is 5.75 Å². The summed E-state index contributed by atoms with van der Waals surface area (Å²) in [5.74, 6) is -0.154. The zero-order chi connectivity index (χ0) is 19.2. The number of carbonyl (C=O) groups is 1. The third-order valence-electron chi connectivity index (χ3n) is 4.93. The van der Waals surface area contributed by atoms with E-state index in [1.165, 1.54) is 63.4 Å². The molecule has 0 amide bonds. The molecule has 26 heavy (non-hydrogen) atoms. The number of benzene rings is 1.